The molecule has 1 fully saturated rings. The number of hydrogen-bond acceptors (Lipinski definition) is 5. The van der Waals surface area contributed by atoms with Crippen molar-refractivity contribution < 1.29 is 24.0 Å². The molecular formula is C26H28N2O5. The number of aliphatic carboxylic acids is 1. The van der Waals surface area contributed by atoms with E-state index in [4.69, 9.17) is 14.4 Å². The Morgan fingerprint density at radius 3 is 2.73 bits per heavy atom. The highest BCUT2D eigenvalue weighted by molar-refractivity contribution is 5.79. The quantitative estimate of drug-likeness (QED) is 0.519. The maximum atomic E-state index is 13.0. The van der Waals surface area contributed by atoms with E-state index in [0.29, 0.717) is 37.4 Å². The standard InChI is InChI=1S/C26H28N2O5/c1-18-4-2-5-20(14-18)17-32-21-9-7-19(8-10-21)15-25(29)28-13-3-6-24(28)23-16-22(33-27-23)11-12-26(30)31/h2,4-5,7-10,14,16,24H,3,6,11-13,15,17H2,1H3,(H,30,31). The summed E-state index contributed by atoms with van der Waals surface area (Å²) in [6.45, 7) is 3.24. The van der Waals surface area contributed by atoms with Crippen molar-refractivity contribution >= 4 is 11.9 Å². The molecule has 4 rings (SSSR count). The third kappa shape index (κ3) is 6.00. The minimum Gasteiger partial charge on any atom is -0.489 e. The lowest BCUT2D eigenvalue weighted by Gasteiger charge is -2.23. The molecule has 33 heavy (non-hydrogen) atoms. The van der Waals surface area contributed by atoms with Crippen LogP contribution in [-0.2, 0) is 29.0 Å². The maximum absolute atomic E-state index is 13.0. The molecule has 1 aliphatic rings. The molecule has 1 saturated heterocycles. The summed E-state index contributed by atoms with van der Waals surface area (Å²) in [6, 6.07) is 17.5. The Labute approximate surface area is 193 Å². The number of amides is 1. The van der Waals surface area contributed by atoms with E-state index < -0.39 is 5.97 Å². The van der Waals surface area contributed by atoms with Crippen molar-refractivity contribution in [3.05, 3.63) is 82.7 Å². The molecular weight excluding hydrogens is 420 g/mol. The van der Waals surface area contributed by atoms with Gasteiger partial charge in [0.25, 0.3) is 0 Å². The first kappa shape index (κ1) is 22.6. The van der Waals surface area contributed by atoms with Crippen LogP contribution in [0.1, 0.15) is 53.4 Å². The predicted octanol–water partition coefficient (Wildman–Crippen LogP) is 4.49. The van der Waals surface area contributed by atoms with Crippen molar-refractivity contribution in [3.63, 3.8) is 0 Å². The number of ether oxygens (including phenoxy) is 1. The fraction of sp³-hybridized carbons (Fsp3) is 0.346. The lowest BCUT2D eigenvalue weighted by atomic mass is 10.1. The number of nitrogens with zero attached hydrogens (tertiary/aromatic N) is 2. The van der Waals surface area contributed by atoms with Crippen LogP contribution < -0.4 is 4.74 Å². The van der Waals surface area contributed by atoms with E-state index in [0.717, 1.165) is 29.7 Å². The third-order valence-electron chi connectivity index (χ3n) is 5.84. The highest BCUT2D eigenvalue weighted by Crippen LogP contribution is 2.32. The van der Waals surface area contributed by atoms with E-state index >= 15 is 0 Å². The van der Waals surface area contributed by atoms with Crippen LogP contribution >= 0.6 is 0 Å². The van der Waals surface area contributed by atoms with E-state index in [-0.39, 0.29) is 18.4 Å². The second-order valence-corrected chi connectivity index (χ2v) is 8.46. The van der Waals surface area contributed by atoms with Gasteiger partial charge in [-0.1, -0.05) is 47.1 Å². The monoisotopic (exact) mass is 448 g/mol. The summed E-state index contributed by atoms with van der Waals surface area (Å²) in [5.41, 5.74) is 3.94. The normalized spacial score (nSPS) is 15.5. The minimum atomic E-state index is -0.878. The number of aryl methyl sites for hydroxylation is 2. The van der Waals surface area contributed by atoms with Gasteiger partial charge in [0.2, 0.25) is 5.91 Å². The fourth-order valence-electron chi connectivity index (χ4n) is 4.15. The second kappa shape index (κ2) is 10.3. The smallest absolute Gasteiger partial charge is 0.303 e. The molecule has 1 unspecified atom stereocenters. The summed E-state index contributed by atoms with van der Waals surface area (Å²) in [6.07, 6.45) is 2.31. The number of hydrogen-bond donors (Lipinski definition) is 1. The lowest BCUT2D eigenvalue weighted by Crippen LogP contribution is -2.32. The number of rotatable bonds is 9. The summed E-state index contributed by atoms with van der Waals surface area (Å²) < 4.78 is 11.2. The number of carboxylic acid groups (broad SMARTS) is 1. The summed E-state index contributed by atoms with van der Waals surface area (Å²) in [4.78, 5) is 25.6. The fourth-order valence-corrected chi connectivity index (χ4v) is 4.15. The lowest BCUT2D eigenvalue weighted by molar-refractivity contribution is -0.137. The topological polar surface area (TPSA) is 92.9 Å². The molecule has 7 heteroatoms. The average molecular weight is 449 g/mol. The summed E-state index contributed by atoms with van der Waals surface area (Å²) in [5.74, 6) is 0.467. The number of likely N-dealkylation sites (tertiary alicyclic amines) is 1. The zero-order valence-electron chi connectivity index (χ0n) is 18.7. The highest BCUT2D eigenvalue weighted by atomic mass is 16.5. The van der Waals surface area contributed by atoms with Crippen LogP contribution in [0.15, 0.2) is 59.1 Å². The van der Waals surface area contributed by atoms with Crippen LogP contribution in [0.5, 0.6) is 5.75 Å². The molecule has 1 aromatic heterocycles. The Hall–Kier alpha value is -3.61. The van der Waals surface area contributed by atoms with Crippen molar-refractivity contribution in [2.45, 2.75) is 51.7 Å². The molecule has 0 spiro atoms. The SMILES string of the molecule is Cc1cccc(COc2ccc(CC(=O)N3CCCC3c3cc(CCC(=O)O)on3)cc2)c1. The summed E-state index contributed by atoms with van der Waals surface area (Å²) in [5, 5.41) is 12.9. The van der Waals surface area contributed by atoms with Crippen LogP contribution in [0, 0.1) is 6.92 Å². The zero-order valence-corrected chi connectivity index (χ0v) is 18.7. The van der Waals surface area contributed by atoms with E-state index in [2.05, 4.69) is 24.2 Å². The van der Waals surface area contributed by atoms with E-state index in [1.807, 2.05) is 41.3 Å². The molecule has 172 valence electrons. The molecule has 1 N–H and O–H groups in total. The first-order chi connectivity index (χ1) is 16.0. The van der Waals surface area contributed by atoms with Crippen molar-refractivity contribution in [1.29, 1.82) is 0 Å². The summed E-state index contributed by atoms with van der Waals surface area (Å²) in [7, 11) is 0. The Balaban J connectivity index is 1.33. The first-order valence-corrected chi connectivity index (χ1v) is 11.2. The molecule has 0 saturated carbocycles. The van der Waals surface area contributed by atoms with Gasteiger partial charge in [0.05, 0.1) is 18.9 Å². The summed E-state index contributed by atoms with van der Waals surface area (Å²) >= 11 is 0. The van der Waals surface area contributed by atoms with Crippen molar-refractivity contribution in [2.24, 2.45) is 0 Å². The van der Waals surface area contributed by atoms with Crippen LogP contribution in [0.2, 0.25) is 0 Å². The molecule has 1 aliphatic heterocycles. The minimum absolute atomic E-state index is 0.00730. The van der Waals surface area contributed by atoms with Gasteiger partial charge in [-0.2, -0.15) is 0 Å². The van der Waals surface area contributed by atoms with E-state index in [9.17, 15) is 9.59 Å². The molecule has 2 aromatic carbocycles. The first-order valence-electron chi connectivity index (χ1n) is 11.2. The Morgan fingerprint density at radius 1 is 1.15 bits per heavy atom. The van der Waals surface area contributed by atoms with Gasteiger partial charge in [-0.3, -0.25) is 9.59 Å². The molecule has 1 atom stereocenters. The van der Waals surface area contributed by atoms with Gasteiger partial charge in [-0.25, -0.2) is 0 Å². The molecule has 1 amide bonds. The van der Waals surface area contributed by atoms with Crippen molar-refractivity contribution in [3.8, 4) is 5.75 Å². The average Bonchev–Trinajstić information content (AvgIpc) is 3.47. The van der Waals surface area contributed by atoms with Crippen LogP contribution in [-0.4, -0.2) is 33.6 Å². The zero-order chi connectivity index (χ0) is 23.2. The number of carbonyl (C=O) groups excluding carboxylic acids is 1. The largest absolute Gasteiger partial charge is 0.489 e. The van der Waals surface area contributed by atoms with Gasteiger partial charge >= 0.3 is 5.97 Å². The van der Waals surface area contributed by atoms with Crippen LogP contribution in [0.25, 0.3) is 0 Å². The maximum Gasteiger partial charge on any atom is 0.303 e. The van der Waals surface area contributed by atoms with E-state index in [1.165, 1.54) is 5.56 Å². The molecule has 0 radical (unpaired) electrons. The predicted molar refractivity (Wildman–Crippen MR) is 122 cm³/mol. The van der Waals surface area contributed by atoms with Gasteiger partial charge in [0.15, 0.2) is 0 Å². The Morgan fingerprint density at radius 2 is 1.97 bits per heavy atom. The number of aromatic nitrogens is 1. The van der Waals surface area contributed by atoms with Gasteiger partial charge in [-0.05, 0) is 43.0 Å². The van der Waals surface area contributed by atoms with E-state index in [1.54, 1.807) is 6.07 Å². The van der Waals surface area contributed by atoms with Gasteiger partial charge < -0.3 is 19.3 Å². The molecule has 7 nitrogen and oxygen atoms in total. The molecule has 2 heterocycles. The molecule has 0 aliphatic carbocycles. The molecule has 0 bridgehead atoms. The van der Waals surface area contributed by atoms with Crippen molar-refractivity contribution in [2.75, 3.05) is 6.54 Å². The van der Waals surface area contributed by atoms with Gasteiger partial charge in [-0.15, -0.1) is 0 Å². The van der Waals surface area contributed by atoms with Crippen LogP contribution in [0.4, 0.5) is 0 Å². The Bertz CT molecular complexity index is 1110. The highest BCUT2D eigenvalue weighted by Gasteiger charge is 2.32. The Kier molecular flexibility index (Phi) is 7.07. The third-order valence-corrected chi connectivity index (χ3v) is 5.84. The number of carbonyl (C=O) groups is 2. The molecule has 3 aromatic rings. The van der Waals surface area contributed by atoms with Gasteiger partial charge in [0.1, 0.15) is 23.8 Å². The number of benzene rings is 2. The number of carboxylic acids is 1. The van der Waals surface area contributed by atoms with Crippen molar-refractivity contribution in [1.82, 2.24) is 10.1 Å². The van der Waals surface area contributed by atoms with Gasteiger partial charge in [0, 0.05) is 19.0 Å². The van der Waals surface area contributed by atoms with Crippen LogP contribution in [0.3, 0.4) is 0 Å². The second-order valence-electron chi connectivity index (χ2n) is 8.46.